The molecule has 0 aromatic heterocycles. The Labute approximate surface area is 476 Å². The van der Waals surface area contributed by atoms with Gasteiger partial charge in [-0.2, -0.15) is 23.2 Å². The zero-order valence-corrected chi connectivity index (χ0v) is 44.5. The molecule has 0 spiro atoms. The Morgan fingerprint density at radius 1 is 0.259 bits per heavy atom. The minimum Gasteiger partial charge on any atom is -0.537 e. The summed E-state index contributed by atoms with van der Waals surface area (Å²) in [5.74, 6) is 3.30. The van der Waals surface area contributed by atoms with Crippen molar-refractivity contribution in [3.05, 3.63) is 212 Å². The van der Waals surface area contributed by atoms with Gasteiger partial charge in [0.25, 0.3) is 0 Å². The van der Waals surface area contributed by atoms with Crippen molar-refractivity contribution in [2.45, 2.75) is 9.79 Å². The highest BCUT2D eigenvalue weighted by atomic mass is 32.2. The summed E-state index contributed by atoms with van der Waals surface area (Å²) in [5.41, 5.74) is 29.4. The molecule has 21 rings (SSSR count). The van der Waals surface area contributed by atoms with Crippen LogP contribution in [0.4, 0.5) is 45.5 Å². The maximum atomic E-state index is 7.63. The fourth-order valence-electron chi connectivity index (χ4n) is 15.6. The first-order chi connectivity index (χ1) is 40.2. The summed E-state index contributed by atoms with van der Waals surface area (Å²) >= 11 is 4.04. The molecule has 15 heteroatoms. The van der Waals surface area contributed by atoms with Crippen molar-refractivity contribution in [2.75, 3.05) is 19.2 Å². The van der Waals surface area contributed by atoms with E-state index in [1.54, 1.807) is 0 Å². The first-order valence-electron chi connectivity index (χ1n) is 27.8. The topological polar surface area (TPSA) is 49.9 Å². The molecular formula is C66H35B5N4O4S2. The molecule has 0 N–H and O–H groups in total. The van der Waals surface area contributed by atoms with Crippen LogP contribution in [-0.4, -0.2) is 33.5 Å². The van der Waals surface area contributed by atoms with Gasteiger partial charge in [0.05, 0.1) is 11.1 Å². The first kappa shape index (κ1) is 42.7. The minimum atomic E-state index is -0.512. The number of hydrogen-bond acceptors (Lipinski definition) is 10. The Morgan fingerprint density at radius 3 is 0.951 bits per heavy atom. The summed E-state index contributed by atoms with van der Waals surface area (Å²) in [6.45, 7) is 0. The van der Waals surface area contributed by atoms with Gasteiger partial charge in [-0.3, -0.25) is 0 Å². The molecule has 0 unspecified atom stereocenters. The van der Waals surface area contributed by atoms with Crippen LogP contribution in [0.25, 0.3) is 66.8 Å². The van der Waals surface area contributed by atoms with Gasteiger partial charge in [0.2, 0.25) is 0 Å². The lowest BCUT2D eigenvalue weighted by atomic mass is 9.49. The second-order valence-electron chi connectivity index (χ2n) is 22.2. The fourth-order valence-corrected chi connectivity index (χ4v) is 18.8. The highest BCUT2D eigenvalue weighted by Gasteiger charge is 2.61. The van der Waals surface area contributed by atoms with Gasteiger partial charge in [0, 0.05) is 99.4 Å². The van der Waals surface area contributed by atoms with Gasteiger partial charge < -0.3 is 37.9 Å². The molecule has 10 heterocycles. The van der Waals surface area contributed by atoms with Gasteiger partial charge in [0.15, 0.2) is 0 Å². The largest absolute Gasteiger partial charge is 0.537 e. The van der Waals surface area contributed by atoms with E-state index >= 15 is 0 Å². The molecule has 0 saturated carbocycles. The molecule has 370 valence electrons. The number of para-hydroxylation sites is 6. The molecule has 0 amide bonds. The molecule has 0 radical (unpaired) electrons. The Kier molecular flexibility index (Phi) is 7.91. The van der Waals surface area contributed by atoms with Crippen LogP contribution in [0.2, 0.25) is 0 Å². The van der Waals surface area contributed by atoms with Gasteiger partial charge in [-0.15, -0.1) is 0 Å². The van der Waals surface area contributed by atoms with E-state index in [1.807, 2.05) is 23.2 Å². The number of nitrogens with zero attached hydrogens (tertiary/aromatic N) is 4. The molecule has 0 bridgehead atoms. The molecule has 10 aliphatic heterocycles. The zero-order chi connectivity index (χ0) is 52.1. The second kappa shape index (κ2) is 15.0. The van der Waals surface area contributed by atoms with Crippen LogP contribution in [0, 0.1) is 0 Å². The molecule has 8 nitrogen and oxygen atoms in total. The van der Waals surface area contributed by atoms with Gasteiger partial charge in [0.1, 0.15) is 23.0 Å². The van der Waals surface area contributed by atoms with Crippen molar-refractivity contribution in [2.24, 2.45) is 0 Å². The highest BCUT2D eigenvalue weighted by molar-refractivity contribution is 8.56. The predicted molar refractivity (Wildman–Crippen MR) is 335 cm³/mol. The average Bonchev–Trinajstić information content (AvgIpc) is 2.87. The smallest absolute Gasteiger partial charge is 0.525 e. The van der Waals surface area contributed by atoms with Crippen LogP contribution in [-0.2, 0) is 0 Å². The summed E-state index contributed by atoms with van der Waals surface area (Å²) in [7, 11) is -1.94. The molecule has 10 aliphatic rings. The number of rotatable bonds is 4. The third-order valence-corrected chi connectivity index (χ3v) is 21.2. The van der Waals surface area contributed by atoms with Crippen LogP contribution in [0.15, 0.2) is 222 Å². The Hall–Kier alpha value is -9.16. The predicted octanol–water partition coefficient (Wildman–Crippen LogP) is 12.6. The second-order valence-corrected chi connectivity index (χ2v) is 24.7. The summed E-state index contributed by atoms with van der Waals surface area (Å²) < 4.78 is 30.2. The standard InChI is InChI=1S/C66H35B5N4O4S2/c1-5-19-36(20-6-1)72-42-29-15-13-27-40(42)50-60-56-54-46(76-67(60)72)31-17-33-48(54)78-69-62(56)58-52-44(74(69)38-23-9-3-10-24-38)35-45-53-59-63-57-55-47(32-18-34-49(55)79-70(63)75(45)39-25-11-4-12-26-39)77-68-61(57)51(66(59)81-71(64(52)53)80-65(50)58)41-28-14-16-30-43(41)73(68)37-21-7-2-8-22-37/h1-35H. The van der Waals surface area contributed by atoms with Gasteiger partial charge in [-0.05, 0) is 130 Å². The first-order valence-corrected chi connectivity index (χ1v) is 29.5. The van der Waals surface area contributed by atoms with Crippen molar-refractivity contribution >= 4 is 130 Å². The van der Waals surface area contributed by atoms with E-state index in [9.17, 15) is 0 Å². The molecular weight excluding hydrogens is 1030 g/mol. The van der Waals surface area contributed by atoms with E-state index < -0.39 is 28.2 Å². The third-order valence-electron chi connectivity index (χ3n) is 18.5. The van der Waals surface area contributed by atoms with E-state index in [1.165, 1.54) is 92.7 Å². The Morgan fingerprint density at radius 2 is 0.580 bits per heavy atom. The number of hydrogen-bond donors (Lipinski definition) is 0. The Bertz CT molecular complexity index is 4460. The van der Waals surface area contributed by atoms with E-state index in [4.69, 9.17) is 18.6 Å². The third kappa shape index (κ3) is 5.09. The molecule has 81 heavy (non-hydrogen) atoms. The van der Waals surface area contributed by atoms with E-state index in [2.05, 4.69) is 232 Å². The number of fused-ring (bicyclic) bond motifs is 6. The van der Waals surface area contributed by atoms with Crippen molar-refractivity contribution in [3.8, 4) is 89.8 Å². The lowest BCUT2D eigenvalue weighted by molar-refractivity contribution is 0.548. The number of benzene rings is 11. The van der Waals surface area contributed by atoms with Crippen LogP contribution < -0.4 is 65.2 Å². The van der Waals surface area contributed by atoms with E-state index in [0.29, 0.717) is 0 Å². The van der Waals surface area contributed by atoms with Crippen molar-refractivity contribution in [3.63, 3.8) is 0 Å². The van der Waals surface area contributed by atoms with Crippen molar-refractivity contribution in [1.82, 2.24) is 0 Å². The summed E-state index contributed by atoms with van der Waals surface area (Å²) in [6.07, 6.45) is 0. The SMILES string of the molecule is c1ccc(N2B3Oc4cccc5c4-c4c3c(c3c6c4B(O5)N(c4ccccc4)c4cc5c7c(c4-6)B(S3)Sc3c4c6c8c(c3-7)B(Oc3cccc(c3-8)OB6N(c3ccccc3)c3ccccc3-4)N5c3ccccc3)-c3ccccc32)cc1. The van der Waals surface area contributed by atoms with E-state index in [0.717, 1.165) is 79.6 Å². The normalized spacial score (nSPS) is 15.7. The lowest BCUT2D eigenvalue weighted by Crippen LogP contribution is -2.65. The maximum absolute atomic E-state index is 7.63. The minimum absolute atomic E-state index is 0.0793. The maximum Gasteiger partial charge on any atom is 0.525 e. The van der Waals surface area contributed by atoms with Crippen LogP contribution in [0.3, 0.4) is 0 Å². The van der Waals surface area contributed by atoms with Gasteiger partial charge in [-0.25, -0.2) is 0 Å². The van der Waals surface area contributed by atoms with Crippen molar-refractivity contribution < 1.29 is 18.6 Å². The van der Waals surface area contributed by atoms with E-state index in [-0.39, 0.29) is 5.27 Å². The van der Waals surface area contributed by atoms with Gasteiger partial charge in [-0.1, -0.05) is 121 Å². The quantitative estimate of drug-likeness (QED) is 0.159. The molecule has 0 fully saturated rings. The molecule has 0 saturated heterocycles. The molecule has 0 aliphatic carbocycles. The van der Waals surface area contributed by atoms with Crippen LogP contribution in [0.1, 0.15) is 0 Å². The molecule has 11 aromatic rings. The summed E-state index contributed by atoms with van der Waals surface area (Å²) in [5, 5.41) is -0.0793. The van der Waals surface area contributed by atoms with Crippen LogP contribution in [0.5, 0.6) is 23.0 Å². The zero-order valence-electron chi connectivity index (χ0n) is 42.8. The van der Waals surface area contributed by atoms with Crippen molar-refractivity contribution in [1.29, 1.82) is 0 Å². The highest BCUT2D eigenvalue weighted by Crippen LogP contribution is 2.65. The monoisotopic (exact) mass is 1070 g/mol. The molecule has 0 atom stereocenters. The number of anilines is 8. The molecule has 11 aromatic carbocycles. The Balaban J connectivity index is 0.945. The average molecular weight is 1070 g/mol. The lowest BCUT2D eigenvalue weighted by Gasteiger charge is -2.52. The summed E-state index contributed by atoms with van der Waals surface area (Å²) in [4.78, 5) is 12.4. The van der Waals surface area contributed by atoms with Gasteiger partial charge >= 0.3 is 33.5 Å². The fraction of sp³-hybridized carbons (Fsp3) is 0. The summed E-state index contributed by atoms with van der Waals surface area (Å²) in [6, 6.07) is 76.7. The van der Waals surface area contributed by atoms with Crippen LogP contribution >= 0.6 is 23.2 Å².